The molecule has 8 rings (SSSR count). The second kappa shape index (κ2) is 7.66. The van der Waals surface area contributed by atoms with Gasteiger partial charge in [0.1, 0.15) is 5.60 Å². The highest BCUT2D eigenvalue weighted by atomic mass is 35.5. The van der Waals surface area contributed by atoms with E-state index < -0.39 is 0 Å². The molecule has 2 aliphatic heterocycles. The summed E-state index contributed by atoms with van der Waals surface area (Å²) in [6.45, 7) is 5.10. The normalized spacial score (nSPS) is 31.8. The molecular formula is C30H35ClN2O3. The Hall–Kier alpha value is -2.21. The van der Waals surface area contributed by atoms with E-state index in [0.29, 0.717) is 18.4 Å². The molecule has 4 atom stereocenters. The van der Waals surface area contributed by atoms with Crippen LogP contribution in [-0.4, -0.2) is 45.9 Å². The van der Waals surface area contributed by atoms with Crippen LogP contribution in [0.2, 0.25) is 0 Å². The molecule has 2 bridgehead atoms. The maximum atomic E-state index is 11.0. The van der Waals surface area contributed by atoms with Gasteiger partial charge in [-0.05, 0) is 68.3 Å². The number of aryl methyl sites for hydroxylation is 1. The largest absolute Gasteiger partial charge is 0.504 e. The Morgan fingerprint density at radius 2 is 2.00 bits per heavy atom. The quantitative estimate of drug-likeness (QED) is 0.512. The number of phenols is 1. The van der Waals surface area contributed by atoms with E-state index in [1.165, 1.54) is 59.1 Å². The van der Waals surface area contributed by atoms with Crippen molar-refractivity contribution in [3.8, 4) is 11.5 Å². The molecule has 1 aromatic heterocycles. The SMILES string of the molecule is CCO[C@@]12Cc3c(n(C)c4ccccc34)[C@@H]3Oc4c(O)ccc5c4[C@@]31CCN(CC1CCC1)[C@H]2C5.Cl. The highest BCUT2D eigenvalue weighted by Crippen LogP contribution is 2.70. The molecule has 0 radical (unpaired) electrons. The van der Waals surface area contributed by atoms with Gasteiger partial charge in [-0.15, -0.1) is 12.4 Å². The summed E-state index contributed by atoms with van der Waals surface area (Å²) in [5, 5.41) is 12.3. The average molecular weight is 507 g/mol. The van der Waals surface area contributed by atoms with Crippen molar-refractivity contribution in [2.45, 2.75) is 68.6 Å². The molecule has 5 aliphatic rings. The van der Waals surface area contributed by atoms with Gasteiger partial charge in [0, 0.05) is 49.1 Å². The number of fused-ring (bicyclic) bond motifs is 4. The molecule has 1 saturated carbocycles. The van der Waals surface area contributed by atoms with Crippen LogP contribution < -0.4 is 4.74 Å². The lowest BCUT2D eigenvalue weighted by atomic mass is 9.48. The van der Waals surface area contributed by atoms with Crippen LogP contribution in [0.15, 0.2) is 36.4 Å². The third-order valence-electron chi connectivity index (χ3n) is 10.4. The zero-order chi connectivity index (χ0) is 23.5. The smallest absolute Gasteiger partial charge is 0.166 e. The van der Waals surface area contributed by atoms with Crippen LogP contribution in [0.1, 0.15) is 61.1 Å². The van der Waals surface area contributed by atoms with Crippen molar-refractivity contribution < 1.29 is 14.6 Å². The molecule has 3 aromatic rings. The number of ether oxygens (including phenoxy) is 2. The second-order valence-electron chi connectivity index (χ2n) is 11.6. The van der Waals surface area contributed by atoms with Gasteiger partial charge in [0.2, 0.25) is 0 Å². The van der Waals surface area contributed by atoms with Gasteiger partial charge in [-0.25, -0.2) is 0 Å². The topological polar surface area (TPSA) is 46.9 Å². The number of piperidine rings is 1. The molecule has 2 fully saturated rings. The number of hydrogen-bond acceptors (Lipinski definition) is 4. The standard InChI is InChI=1S/C30H34N2O3.ClH/c1-3-34-30-16-21-20-9-4-5-10-22(20)31(2)26(21)28-29(30)13-14-32(17-18-7-6-8-18)24(30)15-19-11-12-23(33)27(35-28)25(19)29;/h4-5,9-12,18,24,28,33H,3,6-8,13-17H2,1-2H3;1H/t24-,28-,29-,30+;/m0./s1. The van der Waals surface area contributed by atoms with Crippen LogP contribution in [0.4, 0.5) is 0 Å². The van der Waals surface area contributed by atoms with Crippen molar-refractivity contribution in [2.75, 3.05) is 19.7 Å². The Balaban J connectivity index is 0.00000220. The van der Waals surface area contributed by atoms with Crippen molar-refractivity contribution in [1.82, 2.24) is 9.47 Å². The summed E-state index contributed by atoms with van der Waals surface area (Å²) in [6.07, 6.45) is 6.83. The van der Waals surface area contributed by atoms with Gasteiger partial charge < -0.3 is 19.1 Å². The summed E-state index contributed by atoms with van der Waals surface area (Å²) in [7, 11) is 2.19. The Morgan fingerprint density at radius 1 is 1.17 bits per heavy atom. The van der Waals surface area contributed by atoms with Crippen LogP contribution >= 0.6 is 12.4 Å². The number of para-hydroxylation sites is 1. The molecule has 190 valence electrons. The monoisotopic (exact) mass is 506 g/mol. The maximum absolute atomic E-state index is 11.0. The summed E-state index contributed by atoms with van der Waals surface area (Å²) in [5.74, 6) is 1.81. The lowest BCUT2D eigenvalue weighted by molar-refractivity contribution is -0.204. The van der Waals surface area contributed by atoms with Crippen LogP contribution in [-0.2, 0) is 30.0 Å². The number of phenolic OH excluding ortho intramolecular Hbond substituents is 1. The maximum Gasteiger partial charge on any atom is 0.166 e. The van der Waals surface area contributed by atoms with E-state index in [2.05, 4.69) is 53.8 Å². The molecule has 1 saturated heterocycles. The molecule has 0 amide bonds. The highest BCUT2D eigenvalue weighted by Gasteiger charge is 2.74. The third kappa shape index (κ3) is 2.50. The first-order valence-electron chi connectivity index (χ1n) is 13.5. The van der Waals surface area contributed by atoms with Crippen LogP contribution in [0.25, 0.3) is 10.9 Å². The molecule has 2 aromatic carbocycles. The summed E-state index contributed by atoms with van der Waals surface area (Å²) < 4.78 is 16.3. The molecule has 5 nitrogen and oxygen atoms in total. The van der Waals surface area contributed by atoms with E-state index in [1.807, 2.05) is 6.07 Å². The van der Waals surface area contributed by atoms with Crippen molar-refractivity contribution in [2.24, 2.45) is 13.0 Å². The molecule has 3 aliphatic carbocycles. The molecule has 1 spiro atoms. The number of hydrogen-bond donors (Lipinski definition) is 1. The van der Waals surface area contributed by atoms with Crippen molar-refractivity contribution in [3.05, 3.63) is 58.8 Å². The highest BCUT2D eigenvalue weighted by molar-refractivity contribution is 5.87. The molecular weight excluding hydrogens is 472 g/mol. The van der Waals surface area contributed by atoms with Gasteiger partial charge in [-0.2, -0.15) is 0 Å². The summed E-state index contributed by atoms with van der Waals surface area (Å²) >= 11 is 0. The fourth-order valence-electron chi connectivity index (χ4n) is 8.81. The first kappa shape index (κ1) is 22.9. The molecule has 3 heterocycles. The fourth-order valence-corrected chi connectivity index (χ4v) is 8.81. The zero-order valence-corrected chi connectivity index (χ0v) is 21.9. The van der Waals surface area contributed by atoms with Gasteiger partial charge >= 0.3 is 0 Å². The molecule has 0 unspecified atom stereocenters. The van der Waals surface area contributed by atoms with Crippen molar-refractivity contribution >= 4 is 23.3 Å². The third-order valence-corrected chi connectivity index (χ3v) is 10.4. The van der Waals surface area contributed by atoms with Crippen LogP contribution in [0.3, 0.4) is 0 Å². The summed E-state index contributed by atoms with van der Waals surface area (Å²) in [6, 6.07) is 13.1. The molecule has 6 heteroatoms. The van der Waals surface area contributed by atoms with E-state index in [-0.39, 0.29) is 35.3 Å². The number of aromatic nitrogens is 1. The summed E-state index contributed by atoms with van der Waals surface area (Å²) in [5.41, 5.74) is 5.86. The number of rotatable bonds is 4. The Bertz CT molecular complexity index is 1380. The minimum Gasteiger partial charge on any atom is -0.504 e. The van der Waals surface area contributed by atoms with Gasteiger partial charge in [0.15, 0.2) is 17.6 Å². The second-order valence-corrected chi connectivity index (χ2v) is 11.6. The van der Waals surface area contributed by atoms with Crippen LogP contribution in [0, 0.1) is 5.92 Å². The van der Waals surface area contributed by atoms with Crippen molar-refractivity contribution in [3.63, 3.8) is 0 Å². The lowest BCUT2D eigenvalue weighted by Crippen LogP contribution is -2.75. The molecule has 1 N–H and O–H groups in total. The van der Waals surface area contributed by atoms with E-state index in [4.69, 9.17) is 9.47 Å². The van der Waals surface area contributed by atoms with E-state index in [1.54, 1.807) is 0 Å². The first-order chi connectivity index (χ1) is 17.1. The zero-order valence-electron chi connectivity index (χ0n) is 21.1. The predicted octanol–water partition coefficient (Wildman–Crippen LogP) is 5.44. The summed E-state index contributed by atoms with van der Waals surface area (Å²) in [4.78, 5) is 2.78. The van der Waals surface area contributed by atoms with Gasteiger partial charge in [-0.3, -0.25) is 4.90 Å². The fraction of sp³-hybridized carbons (Fsp3) is 0.533. The predicted molar refractivity (Wildman–Crippen MR) is 142 cm³/mol. The average Bonchev–Trinajstić information content (AvgIpc) is 3.31. The number of nitrogens with zero attached hydrogens (tertiary/aromatic N) is 2. The van der Waals surface area contributed by atoms with Gasteiger partial charge in [0.05, 0.1) is 11.1 Å². The minimum absolute atomic E-state index is 0. The number of aromatic hydroxyl groups is 1. The Morgan fingerprint density at radius 3 is 2.78 bits per heavy atom. The Labute approximate surface area is 218 Å². The lowest BCUT2D eigenvalue weighted by Gasteiger charge is -2.65. The number of benzene rings is 2. The van der Waals surface area contributed by atoms with Crippen LogP contribution in [0.5, 0.6) is 11.5 Å². The van der Waals surface area contributed by atoms with E-state index >= 15 is 0 Å². The van der Waals surface area contributed by atoms with E-state index in [0.717, 1.165) is 31.7 Å². The van der Waals surface area contributed by atoms with Crippen molar-refractivity contribution in [1.29, 1.82) is 0 Å². The number of halogens is 1. The first-order valence-corrected chi connectivity index (χ1v) is 13.5. The Kier molecular flexibility index (Phi) is 4.88. The van der Waals surface area contributed by atoms with Gasteiger partial charge in [0.25, 0.3) is 0 Å². The number of likely N-dealkylation sites (tertiary alicyclic amines) is 1. The minimum atomic E-state index is -0.364. The van der Waals surface area contributed by atoms with Gasteiger partial charge in [-0.1, -0.05) is 30.7 Å². The van der Waals surface area contributed by atoms with E-state index in [9.17, 15) is 5.11 Å². The molecule has 36 heavy (non-hydrogen) atoms.